The lowest BCUT2D eigenvalue weighted by Crippen LogP contribution is -2.21. The molecule has 0 saturated heterocycles. The summed E-state index contributed by atoms with van der Waals surface area (Å²) in [5.41, 5.74) is 1.96. The highest BCUT2D eigenvalue weighted by atomic mass is 16.6. The summed E-state index contributed by atoms with van der Waals surface area (Å²) in [6.07, 6.45) is -0.545. The van der Waals surface area contributed by atoms with E-state index in [-0.39, 0.29) is 6.10 Å². The van der Waals surface area contributed by atoms with Gasteiger partial charge < -0.3 is 14.6 Å². The van der Waals surface area contributed by atoms with Crippen LogP contribution in [0.25, 0.3) is 0 Å². The van der Waals surface area contributed by atoms with Crippen LogP contribution in [0.5, 0.6) is 11.5 Å². The average Bonchev–Trinajstić information content (AvgIpc) is 2.56. The fourth-order valence-corrected chi connectivity index (χ4v) is 2.17. The zero-order valence-corrected chi connectivity index (χ0v) is 12.7. The maximum atomic E-state index is 9.50. The van der Waals surface area contributed by atoms with Gasteiger partial charge in [-0.2, -0.15) is 0 Å². The summed E-state index contributed by atoms with van der Waals surface area (Å²) in [4.78, 5) is 0. The van der Waals surface area contributed by atoms with Crippen molar-refractivity contribution in [2.75, 3.05) is 6.61 Å². The largest absolute Gasteiger partial charge is 0.485 e. The Labute approximate surface area is 126 Å². The van der Waals surface area contributed by atoms with Gasteiger partial charge in [0.15, 0.2) is 17.6 Å². The van der Waals surface area contributed by atoms with Crippen LogP contribution in [0.4, 0.5) is 0 Å². The molecule has 2 unspecified atom stereocenters. The van der Waals surface area contributed by atoms with Crippen LogP contribution in [0.3, 0.4) is 0 Å². The molecule has 2 aromatic carbocycles. The molecule has 0 aliphatic carbocycles. The summed E-state index contributed by atoms with van der Waals surface area (Å²) in [6, 6.07) is 15.5. The molecule has 1 aliphatic heterocycles. The van der Waals surface area contributed by atoms with E-state index in [1.807, 2.05) is 62.4 Å². The van der Waals surface area contributed by atoms with Crippen molar-refractivity contribution >= 4 is 0 Å². The van der Waals surface area contributed by atoms with Crippen molar-refractivity contribution in [2.45, 2.75) is 33.0 Å². The Hall–Kier alpha value is -2.00. The molecule has 3 heteroatoms. The van der Waals surface area contributed by atoms with Crippen molar-refractivity contribution in [2.24, 2.45) is 0 Å². The summed E-state index contributed by atoms with van der Waals surface area (Å²) in [7, 11) is 0. The van der Waals surface area contributed by atoms with Crippen LogP contribution in [0, 0.1) is 0 Å². The van der Waals surface area contributed by atoms with E-state index >= 15 is 0 Å². The van der Waals surface area contributed by atoms with E-state index in [4.69, 9.17) is 9.47 Å². The third kappa shape index (κ3) is 3.56. The maximum Gasteiger partial charge on any atom is 0.162 e. The molecule has 2 atom stereocenters. The van der Waals surface area contributed by atoms with E-state index in [0.717, 1.165) is 22.6 Å². The zero-order chi connectivity index (χ0) is 15.2. The predicted octanol–water partition coefficient (Wildman–Crippen LogP) is 4.28. The second-order valence-electron chi connectivity index (χ2n) is 4.71. The van der Waals surface area contributed by atoms with Crippen molar-refractivity contribution in [3.05, 3.63) is 59.7 Å². The Balaban J connectivity index is 0.000000774. The Morgan fingerprint density at radius 3 is 2.24 bits per heavy atom. The number of ether oxygens (including phenoxy) is 2. The minimum Gasteiger partial charge on any atom is -0.485 e. The fourth-order valence-electron chi connectivity index (χ4n) is 2.17. The normalized spacial score (nSPS) is 17.4. The molecular weight excluding hydrogens is 264 g/mol. The lowest BCUT2D eigenvalue weighted by Gasteiger charge is -2.26. The standard InChI is InChI=1S/C16H16O3.C2H6/c1-11(17)12-6-8-13(9-7-12)16-10-18-14-4-2-3-5-15(14)19-16;1-2/h2-9,11,16-17H,10H2,1H3;1-2H3. The van der Waals surface area contributed by atoms with Crippen LogP contribution in [0.2, 0.25) is 0 Å². The quantitative estimate of drug-likeness (QED) is 0.895. The van der Waals surface area contributed by atoms with Crippen molar-refractivity contribution in [3.8, 4) is 11.5 Å². The minimum atomic E-state index is -0.446. The molecule has 3 nitrogen and oxygen atoms in total. The molecule has 1 heterocycles. The average molecular weight is 286 g/mol. The van der Waals surface area contributed by atoms with Gasteiger partial charge in [-0.1, -0.05) is 50.2 Å². The molecule has 0 spiro atoms. The van der Waals surface area contributed by atoms with Gasteiger partial charge in [-0.3, -0.25) is 0 Å². The molecule has 0 radical (unpaired) electrons. The van der Waals surface area contributed by atoms with Crippen LogP contribution >= 0.6 is 0 Å². The molecule has 2 aromatic rings. The van der Waals surface area contributed by atoms with Crippen molar-refractivity contribution in [3.63, 3.8) is 0 Å². The molecule has 1 aliphatic rings. The third-order valence-electron chi connectivity index (χ3n) is 3.30. The summed E-state index contributed by atoms with van der Waals surface area (Å²) in [5.74, 6) is 1.57. The number of aliphatic hydroxyl groups excluding tert-OH is 1. The van der Waals surface area contributed by atoms with E-state index in [1.165, 1.54) is 0 Å². The molecule has 0 amide bonds. The second-order valence-corrected chi connectivity index (χ2v) is 4.71. The van der Waals surface area contributed by atoms with Gasteiger partial charge >= 0.3 is 0 Å². The Morgan fingerprint density at radius 2 is 1.62 bits per heavy atom. The first-order valence-electron chi connectivity index (χ1n) is 7.40. The lowest BCUT2D eigenvalue weighted by molar-refractivity contribution is 0.0912. The number of rotatable bonds is 2. The first-order valence-corrected chi connectivity index (χ1v) is 7.40. The lowest BCUT2D eigenvalue weighted by atomic mass is 10.0. The zero-order valence-electron chi connectivity index (χ0n) is 12.7. The number of benzene rings is 2. The van der Waals surface area contributed by atoms with Gasteiger partial charge in [0.1, 0.15) is 6.61 Å². The first-order chi connectivity index (χ1) is 10.2. The number of fused-ring (bicyclic) bond motifs is 1. The van der Waals surface area contributed by atoms with Gasteiger partial charge in [0.2, 0.25) is 0 Å². The van der Waals surface area contributed by atoms with Crippen LogP contribution in [0.1, 0.15) is 44.1 Å². The molecule has 0 bridgehead atoms. The summed E-state index contributed by atoms with van der Waals surface area (Å²) in [6.45, 7) is 6.26. The summed E-state index contributed by atoms with van der Waals surface area (Å²) < 4.78 is 11.6. The third-order valence-corrected chi connectivity index (χ3v) is 3.30. The number of para-hydroxylation sites is 2. The Morgan fingerprint density at radius 1 is 1.00 bits per heavy atom. The predicted molar refractivity (Wildman–Crippen MR) is 83.7 cm³/mol. The maximum absolute atomic E-state index is 9.50. The number of hydrogen-bond acceptors (Lipinski definition) is 3. The summed E-state index contributed by atoms with van der Waals surface area (Å²) in [5, 5.41) is 9.50. The molecular formula is C18H22O3. The summed E-state index contributed by atoms with van der Waals surface area (Å²) >= 11 is 0. The van der Waals surface area contributed by atoms with E-state index < -0.39 is 6.10 Å². The van der Waals surface area contributed by atoms with E-state index in [9.17, 15) is 5.11 Å². The molecule has 1 N–H and O–H groups in total. The highest BCUT2D eigenvalue weighted by Gasteiger charge is 2.22. The monoisotopic (exact) mass is 286 g/mol. The molecule has 0 aromatic heterocycles. The first kappa shape index (κ1) is 15.4. The molecule has 21 heavy (non-hydrogen) atoms. The van der Waals surface area contributed by atoms with Crippen LogP contribution in [0.15, 0.2) is 48.5 Å². The smallest absolute Gasteiger partial charge is 0.162 e. The number of aliphatic hydroxyl groups is 1. The highest BCUT2D eigenvalue weighted by Crippen LogP contribution is 2.35. The molecule has 3 rings (SSSR count). The molecule has 112 valence electrons. The van der Waals surface area contributed by atoms with Crippen LogP contribution < -0.4 is 9.47 Å². The van der Waals surface area contributed by atoms with E-state index in [0.29, 0.717) is 6.61 Å². The van der Waals surface area contributed by atoms with Crippen molar-refractivity contribution in [1.29, 1.82) is 0 Å². The Bertz CT molecular complexity index is 561. The van der Waals surface area contributed by atoms with Gasteiger partial charge in [-0.15, -0.1) is 0 Å². The van der Waals surface area contributed by atoms with Crippen LogP contribution in [-0.4, -0.2) is 11.7 Å². The highest BCUT2D eigenvalue weighted by molar-refractivity contribution is 5.41. The van der Waals surface area contributed by atoms with Gasteiger partial charge in [0.25, 0.3) is 0 Å². The van der Waals surface area contributed by atoms with E-state index in [1.54, 1.807) is 6.92 Å². The van der Waals surface area contributed by atoms with Crippen molar-refractivity contribution in [1.82, 2.24) is 0 Å². The van der Waals surface area contributed by atoms with Gasteiger partial charge in [-0.25, -0.2) is 0 Å². The van der Waals surface area contributed by atoms with Gasteiger partial charge in [0, 0.05) is 0 Å². The SMILES string of the molecule is CC.CC(O)c1ccc(C2COc3ccccc3O2)cc1. The Kier molecular flexibility index (Phi) is 5.23. The second kappa shape index (κ2) is 7.14. The van der Waals surface area contributed by atoms with E-state index in [2.05, 4.69) is 0 Å². The minimum absolute atomic E-state index is 0.0991. The topological polar surface area (TPSA) is 38.7 Å². The number of hydrogen-bond donors (Lipinski definition) is 1. The van der Waals surface area contributed by atoms with Gasteiger partial charge in [-0.05, 0) is 30.2 Å². The van der Waals surface area contributed by atoms with Crippen LogP contribution in [-0.2, 0) is 0 Å². The van der Waals surface area contributed by atoms with Crippen molar-refractivity contribution < 1.29 is 14.6 Å². The van der Waals surface area contributed by atoms with Gasteiger partial charge in [0.05, 0.1) is 6.10 Å². The fraction of sp³-hybridized carbons (Fsp3) is 0.333. The molecule has 0 fully saturated rings. The molecule has 0 saturated carbocycles.